The smallest absolute Gasteiger partial charge is 0.220 e. The average Bonchev–Trinajstić information content (AvgIpc) is 2.45. The maximum absolute atomic E-state index is 12.3. The lowest BCUT2D eigenvalue weighted by molar-refractivity contribution is -0.124. The Morgan fingerprint density at radius 1 is 1.13 bits per heavy atom. The van der Waals surface area contributed by atoms with Crippen molar-refractivity contribution in [1.82, 2.24) is 5.32 Å². The van der Waals surface area contributed by atoms with Crippen LogP contribution in [-0.4, -0.2) is 18.7 Å². The van der Waals surface area contributed by atoms with Gasteiger partial charge in [0.15, 0.2) is 7.28 Å². The maximum Gasteiger partial charge on any atom is 0.220 e. The van der Waals surface area contributed by atoms with E-state index < -0.39 is 0 Å². The van der Waals surface area contributed by atoms with E-state index in [4.69, 9.17) is 0 Å². The van der Waals surface area contributed by atoms with Crippen LogP contribution < -0.4 is 10.8 Å². The molecule has 0 aliphatic heterocycles. The summed E-state index contributed by atoms with van der Waals surface area (Å²) in [6.07, 6.45) is 2.36. The molecule has 0 spiro atoms. The fourth-order valence-electron chi connectivity index (χ4n) is 2.46. The molecular formula is C20H33BNO. The number of benzene rings is 1. The van der Waals surface area contributed by atoms with Gasteiger partial charge in [-0.3, -0.25) is 4.79 Å². The standard InChI is InChI=1S/C20H33BNO/c1-8-19(4,5)20(6,7)22-18(23)14-11-16-9-12-17(13-10-16)21-15(2)3/h9-10,12-13,15H,8,11,14H2,1-7H3,(H,22,23). The highest BCUT2D eigenvalue weighted by Crippen LogP contribution is 2.33. The van der Waals surface area contributed by atoms with Crippen LogP contribution in [0.2, 0.25) is 5.82 Å². The van der Waals surface area contributed by atoms with E-state index in [-0.39, 0.29) is 16.9 Å². The highest BCUT2D eigenvalue weighted by Gasteiger charge is 2.36. The second-order valence-corrected chi connectivity index (χ2v) is 8.06. The van der Waals surface area contributed by atoms with Crippen LogP contribution >= 0.6 is 0 Å². The Morgan fingerprint density at radius 2 is 1.70 bits per heavy atom. The van der Waals surface area contributed by atoms with Gasteiger partial charge in [-0.05, 0) is 37.7 Å². The molecule has 2 nitrogen and oxygen atoms in total. The molecule has 0 unspecified atom stereocenters. The molecule has 0 aliphatic rings. The van der Waals surface area contributed by atoms with Gasteiger partial charge < -0.3 is 5.32 Å². The fourth-order valence-corrected chi connectivity index (χ4v) is 2.46. The summed E-state index contributed by atoms with van der Waals surface area (Å²) in [5.41, 5.74) is 2.35. The number of hydrogen-bond donors (Lipinski definition) is 1. The summed E-state index contributed by atoms with van der Waals surface area (Å²) in [5, 5.41) is 3.21. The van der Waals surface area contributed by atoms with Crippen molar-refractivity contribution in [2.45, 2.75) is 79.1 Å². The Labute approximate surface area is 143 Å². The molecule has 0 bridgehead atoms. The third kappa shape index (κ3) is 6.04. The van der Waals surface area contributed by atoms with Gasteiger partial charge in [0.2, 0.25) is 5.91 Å². The van der Waals surface area contributed by atoms with Crippen LogP contribution in [0.25, 0.3) is 0 Å². The third-order valence-electron chi connectivity index (χ3n) is 5.17. The number of aryl methyl sites for hydroxylation is 1. The van der Waals surface area contributed by atoms with Crippen molar-refractivity contribution in [3.63, 3.8) is 0 Å². The molecule has 1 aromatic carbocycles. The molecule has 0 atom stereocenters. The second-order valence-electron chi connectivity index (χ2n) is 8.06. The van der Waals surface area contributed by atoms with E-state index in [9.17, 15) is 4.79 Å². The summed E-state index contributed by atoms with van der Waals surface area (Å²) in [4.78, 5) is 12.3. The van der Waals surface area contributed by atoms with E-state index in [1.807, 2.05) is 0 Å². The Hall–Kier alpha value is -1.25. The summed E-state index contributed by atoms with van der Waals surface area (Å²) in [6, 6.07) is 8.53. The number of rotatable bonds is 8. The zero-order valence-corrected chi connectivity index (χ0v) is 16.0. The first-order valence-electron chi connectivity index (χ1n) is 8.82. The fraction of sp³-hybridized carbons (Fsp3) is 0.650. The van der Waals surface area contributed by atoms with Gasteiger partial charge in [0.1, 0.15) is 0 Å². The Kier molecular flexibility index (Phi) is 6.92. The van der Waals surface area contributed by atoms with E-state index in [0.29, 0.717) is 12.2 Å². The van der Waals surface area contributed by atoms with Crippen molar-refractivity contribution in [3.05, 3.63) is 29.8 Å². The van der Waals surface area contributed by atoms with Crippen molar-refractivity contribution < 1.29 is 4.79 Å². The molecule has 0 aromatic heterocycles. The second kappa shape index (κ2) is 8.03. The molecular weight excluding hydrogens is 281 g/mol. The predicted octanol–water partition coefficient (Wildman–Crippen LogP) is 4.11. The lowest BCUT2D eigenvalue weighted by Crippen LogP contribution is -2.53. The van der Waals surface area contributed by atoms with Crippen LogP contribution in [-0.2, 0) is 11.2 Å². The van der Waals surface area contributed by atoms with Crippen LogP contribution in [0.3, 0.4) is 0 Å². The van der Waals surface area contributed by atoms with Gasteiger partial charge in [0, 0.05) is 12.0 Å². The number of carbonyl (C=O) groups is 1. The van der Waals surface area contributed by atoms with Crippen molar-refractivity contribution in [2.75, 3.05) is 0 Å². The zero-order valence-electron chi connectivity index (χ0n) is 16.0. The zero-order chi connectivity index (χ0) is 17.7. The van der Waals surface area contributed by atoms with Gasteiger partial charge in [-0.25, -0.2) is 0 Å². The molecule has 1 aromatic rings. The van der Waals surface area contributed by atoms with Gasteiger partial charge in [-0.15, -0.1) is 0 Å². The predicted molar refractivity (Wildman–Crippen MR) is 102 cm³/mol. The van der Waals surface area contributed by atoms with E-state index in [2.05, 4.69) is 85.3 Å². The molecule has 0 saturated heterocycles. The minimum Gasteiger partial charge on any atom is -0.351 e. The van der Waals surface area contributed by atoms with E-state index in [1.165, 1.54) is 11.0 Å². The van der Waals surface area contributed by atoms with Crippen LogP contribution in [0.15, 0.2) is 24.3 Å². The molecule has 0 aliphatic carbocycles. The lowest BCUT2D eigenvalue weighted by atomic mass is 9.61. The molecule has 1 N–H and O–H groups in total. The molecule has 3 heteroatoms. The molecule has 23 heavy (non-hydrogen) atoms. The molecule has 0 heterocycles. The number of hydrogen-bond acceptors (Lipinski definition) is 1. The highest BCUT2D eigenvalue weighted by molar-refractivity contribution is 6.54. The molecule has 0 fully saturated rings. The van der Waals surface area contributed by atoms with E-state index in [0.717, 1.165) is 12.8 Å². The van der Waals surface area contributed by atoms with Gasteiger partial charge in [-0.2, -0.15) is 0 Å². The van der Waals surface area contributed by atoms with Crippen molar-refractivity contribution in [3.8, 4) is 0 Å². The summed E-state index contributed by atoms with van der Waals surface area (Å²) in [6.45, 7) is 15.2. The summed E-state index contributed by atoms with van der Waals surface area (Å²) >= 11 is 0. The van der Waals surface area contributed by atoms with Crippen molar-refractivity contribution >= 4 is 18.6 Å². The van der Waals surface area contributed by atoms with Crippen LogP contribution in [0.5, 0.6) is 0 Å². The first-order valence-corrected chi connectivity index (χ1v) is 8.82. The molecule has 1 radical (unpaired) electrons. The van der Waals surface area contributed by atoms with Crippen molar-refractivity contribution in [2.24, 2.45) is 5.41 Å². The van der Waals surface area contributed by atoms with E-state index >= 15 is 0 Å². The normalized spacial score (nSPS) is 12.3. The largest absolute Gasteiger partial charge is 0.351 e. The van der Waals surface area contributed by atoms with Crippen LogP contribution in [0, 0.1) is 5.41 Å². The quantitative estimate of drug-likeness (QED) is 0.719. The Morgan fingerprint density at radius 3 is 2.17 bits per heavy atom. The highest BCUT2D eigenvalue weighted by atomic mass is 16.1. The average molecular weight is 314 g/mol. The monoisotopic (exact) mass is 314 g/mol. The first-order chi connectivity index (χ1) is 10.6. The maximum atomic E-state index is 12.3. The lowest BCUT2D eigenvalue weighted by Gasteiger charge is -2.41. The summed E-state index contributed by atoms with van der Waals surface area (Å²) in [5.74, 6) is 0.685. The first kappa shape index (κ1) is 19.8. The third-order valence-corrected chi connectivity index (χ3v) is 5.17. The van der Waals surface area contributed by atoms with Crippen molar-refractivity contribution in [1.29, 1.82) is 0 Å². The Bertz CT molecular complexity index is 503. The van der Waals surface area contributed by atoms with Gasteiger partial charge >= 0.3 is 0 Å². The summed E-state index contributed by atoms with van der Waals surface area (Å²) in [7, 11) is 2.24. The molecule has 0 saturated carbocycles. The summed E-state index contributed by atoms with van der Waals surface area (Å²) < 4.78 is 0. The van der Waals surface area contributed by atoms with Crippen LogP contribution in [0.1, 0.15) is 66.9 Å². The minimum absolute atomic E-state index is 0.0803. The van der Waals surface area contributed by atoms with Gasteiger partial charge in [0.25, 0.3) is 0 Å². The van der Waals surface area contributed by atoms with Gasteiger partial charge in [-0.1, -0.05) is 70.2 Å². The minimum atomic E-state index is -0.199. The Balaban J connectivity index is 2.53. The number of amides is 1. The topological polar surface area (TPSA) is 29.1 Å². The van der Waals surface area contributed by atoms with Crippen LogP contribution in [0.4, 0.5) is 0 Å². The number of carbonyl (C=O) groups excluding carboxylic acids is 1. The molecule has 1 amide bonds. The van der Waals surface area contributed by atoms with E-state index in [1.54, 1.807) is 0 Å². The SMILES string of the molecule is CCC(C)(C)C(C)(C)NC(=O)CCc1ccc([B]C(C)C)cc1. The molecule has 127 valence electrons. The number of nitrogens with one attached hydrogen (secondary N) is 1. The van der Waals surface area contributed by atoms with Gasteiger partial charge in [0.05, 0.1) is 0 Å². The molecule has 1 rings (SSSR count).